The molecule has 0 bridgehead atoms. The van der Waals surface area contributed by atoms with Crippen LogP contribution in [-0.4, -0.2) is 25.5 Å². The zero-order valence-corrected chi connectivity index (χ0v) is 5.95. The summed E-state index contributed by atoms with van der Waals surface area (Å²) < 4.78 is 10.2. The third-order valence-electron chi connectivity index (χ3n) is 1.37. The predicted molar refractivity (Wildman–Crippen MR) is 38.5 cm³/mol. The summed E-state index contributed by atoms with van der Waals surface area (Å²) in [6, 6.07) is 0. The molecule has 1 atom stereocenters. The van der Waals surface area contributed by atoms with Crippen LogP contribution in [0.3, 0.4) is 0 Å². The Hall–Kier alpha value is -0.380. The highest BCUT2D eigenvalue weighted by Crippen LogP contribution is 2.07. The maximum absolute atomic E-state index is 5.55. The molecular weight excluding hydrogens is 130 g/mol. The molecule has 0 aromatic rings. The molecule has 0 saturated carbocycles. The third kappa shape index (κ3) is 2.10. The molecule has 0 amide bonds. The van der Waals surface area contributed by atoms with Gasteiger partial charge in [-0.3, -0.25) is 0 Å². The highest BCUT2D eigenvalue weighted by molar-refractivity contribution is 4.72. The fourth-order valence-corrected chi connectivity index (χ4v) is 0.760. The van der Waals surface area contributed by atoms with Gasteiger partial charge in [0.2, 0.25) is 0 Å². The molecule has 1 fully saturated rings. The van der Waals surface area contributed by atoms with Crippen molar-refractivity contribution in [3.63, 3.8) is 0 Å². The van der Waals surface area contributed by atoms with Gasteiger partial charge in [-0.05, 0) is 0 Å². The molecule has 0 aromatic heterocycles. The van der Waals surface area contributed by atoms with Gasteiger partial charge in [0.25, 0.3) is 0 Å². The van der Waals surface area contributed by atoms with E-state index in [0.717, 1.165) is 0 Å². The van der Waals surface area contributed by atoms with Crippen LogP contribution in [0.4, 0.5) is 0 Å². The van der Waals surface area contributed by atoms with E-state index < -0.39 is 0 Å². The van der Waals surface area contributed by atoms with Crippen LogP contribution in [0.2, 0.25) is 0 Å². The second-order valence-corrected chi connectivity index (χ2v) is 2.36. The molecule has 58 valence electrons. The van der Waals surface area contributed by atoms with E-state index in [9.17, 15) is 0 Å². The van der Waals surface area contributed by atoms with Gasteiger partial charge in [0.05, 0.1) is 13.2 Å². The molecule has 1 aliphatic heterocycles. The Kier molecular flexibility index (Phi) is 2.86. The molecule has 0 spiro atoms. The fraction of sp³-hybridized carbons (Fsp3) is 0.714. The quantitative estimate of drug-likeness (QED) is 0.453. The monoisotopic (exact) mass is 143 g/mol. The number of ether oxygens (including phenoxy) is 2. The molecule has 3 nitrogen and oxygen atoms in total. The molecule has 10 heavy (non-hydrogen) atoms. The zero-order chi connectivity index (χ0) is 7.40. The van der Waals surface area contributed by atoms with Gasteiger partial charge in [-0.15, -0.1) is 6.58 Å². The first kappa shape index (κ1) is 7.72. The Morgan fingerprint density at radius 3 is 2.90 bits per heavy atom. The topological polar surface area (TPSA) is 44.5 Å². The number of rotatable bonds is 4. The molecule has 1 aliphatic rings. The number of hydrogen-bond donors (Lipinski definition) is 1. The van der Waals surface area contributed by atoms with Crippen LogP contribution in [0.25, 0.3) is 0 Å². The second-order valence-electron chi connectivity index (χ2n) is 2.36. The van der Waals surface area contributed by atoms with Gasteiger partial charge in [-0.1, -0.05) is 6.08 Å². The molecule has 1 unspecified atom stereocenters. The van der Waals surface area contributed by atoms with Gasteiger partial charge >= 0.3 is 0 Å². The van der Waals surface area contributed by atoms with Crippen molar-refractivity contribution in [1.82, 2.24) is 0 Å². The van der Waals surface area contributed by atoms with Crippen molar-refractivity contribution < 1.29 is 9.47 Å². The van der Waals surface area contributed by atoms with E-state index >= 15 is 0 Å². The molecule has 3 heteroatoms. The second kappa shape index (κ2) is 3.71. The summed E-state index contributed by atoms with van der Waals surface area (Å²) in [7, 11) is 0. The van der Waals surface area contributed by atoms with Gasteiger partial charge in [-0.25, -0.2) is 0 Å². The van der Waals surface area contributed by atoms with Gasteiger partial charge in [0, 0.05) is 6.42 Å². The smallest absolute Gasteiger partial charge is 0.109 e. The number of hydrogen-bond acceptors (Lipinski definition) is 3. The van der Waals surface area contributed by atoms with Crippen molar-refractivity contribution in [2.75, 3.05) is 13.2 Å². The lowest BCUT2D eigenvalue weighted by Gasteiger charge is -2.28. The van der Waals surface area contributed by atoms with Gasteiger partial charge in [0.1, 0.15) is 12.3 Å². The lowest BCUT2D eigenvalue weighted by molar-refractivity contribution is -0.152. The van der Waals surface area contributed by atoms with Crippen LogP contribution in [0.15, 0.2) is 12.7 Å². The van der Waals surface area contributed by atoms with Crippen molar-refractivity contribution in [2.24, 2.45) is 5.73 Å². The summed E-state index contributed by atoms with van der Waals surface area (Å²) in [5, 5.41) is 0. The van der Waals surface area contributed by atoms with E-state index in [1.807, 2.05) is 0 Å². The Balaban J connectivity index is 2.04. The molecule has 0 radical (unpaired) electrons. The van der Waals surface area contributed by atoms with Crippen LogP contribution < -0.4 is 5.73 Å². The molecule has 0 aromatic carbocycles. The summed E-state index contributed by atoms with van der Waals surface area (Å²) in [5.74, 6) is 0. The van der Waals surface area contributed by atoms with Crippen molar-refractivity contribution in [3.8, 4) is 0 Å². The third-order valence-corrected chi connectivity index (χ3v) is 1.37. The number of nitrogens with two attached hydrogens (primary N) is 1. The molecule has 0 aliphatic carbocycles. The van der Waals surface area contributed by atoms with E-state index in [2.05, 4.69) is 6.58 Å². The first-order valence-electron chi connectivity index (χ1n) is 3.42. The minimum absolute atomic E-state index is 0.202. The molecule has 2 N–H and O–H groups in total. The minimum Gasteiger partial charge on any atom is -0.376 e. The lowest BCUT2D eigenvalue weighted by Crippen LogP contribution is -2.41. The van der Waals surface area contributed by atoms with Crippen LogP contribution >= 0.6 is 0 Å². The van der Waals surface area contributed by atoms with Crippen molar-refractivity contribution in [3.05, 3.63) is 12.7 Å². The SMILES string of the molecule is C=CCC(N)OC1COC1. The summed E-state index contributed by atoms with van der Waals surface area (Å²) in [4.78, 5) is 0. The van der Waals surface area contributed by atoms with Gasteiger partial charge in [-0.2, -0.15) is 0 Å². The fourth-order valence-electron chi connectivity index (χ4n) is 0.760. The Morgan fingerprint density at radius 2 is 2.50 bits per heavy atom. The summed E-state index contributed by atoms with van der Waals surface area (Å²) in [6.45, 7) is 4.93. The minimum atomic E-state index is -0.202. The maximum Gasteiger partial charge on any atom is 0.109 e. The standard InChI is InChI=1S/C7H13NO2/c1-2-3-7(8)10-6-4-9-5-6/h2,6-7H,1,3-5,8H2. The summed E-state index contributed by atoms with van der Waals surface area (Å²) in [6.07, 6.45) is 2.47. The maximum atomic E-state index is 5.55. The highest BCUT2D eigenvalue weighted by atomic mass is 16.6. The van der Waals surface area contributed by atoms with E-state index in [4.69, 9.17) is 15.2 Å². The van der Waals surface area contributed by atoms with Crippen molar-refractivity contribution in [1.29, 1.82) is 0 Å². The largest absolute Gasteiger partial charge is 0.376 e. The predicted octanol–water partition coefficient (Wildman–Crippen LogP) is 0.263. The average molecular weight is 143 g/mol. The van der Waals surface area contributed by atoms with Crippen LogP contribution in [0, 0.1) is 0 Å². The average Bonchev–Trinajstić information content (AvgIpc) is 1.80. The molecule has 1 heterocycles. The Morgan fingerprint density at radius 1 is 1.80 bits per heavy atom. The van der Waals surface area contributed by atoms with E-state index in [0.29, 0.717) is 19.6 Å². The first-order valence-corrected chi connectivity index (χ1v) is 3.42. The van der Waals surface area contributed by atoms with Gasteiger partial charge < -0.3 is 15.2 Å². The Labute approximate surface area is 60.8 Å². The normalized spacial score (nSPS) is 21.7. The van der Waals surface area contributed by atoms with Crippen LogP contribution in [0.1, 0.15) is 6.42 Å². The first-order chi connectivity index (χ1) is 4.83. The molecular formula is C7H13NO2. The lowest BCUT2D eigenvalue weighted by atomic mass is 10.3. The van der Waals surface area contributed by atoms with E-state index in [1.165, 1.54) is 0 Å². The van der Waals surface area contributed by atoms with Crippen LogP contribution in [0.5, 0.6) is 0 Å². The van der Waals surface area contributed by atoms with E-state index in [1.54, 1.807) is 6.08 Å². The molecule has 1 rings (SSSR count). The van der Waals surface area contributed by atoms with Crippen molar-refractivity contribution in [2.45, 2.75) is 18.8 Å². The van der Waals surface area contributed by atoms with Crippen LogP contribution in [-0.2, 0) is 9.47 Å². The zero-order valence-electron chi connectivity index (χ0n) is 5.95. The highest BCUT2D eigenvalue weighted by Gasteiger charge is 2.20. The molecule has 1 saturated heterocycles. The van der Waals surface area contributed by atoms with Crippen molar-refractivity contribution >= 4 is 0 Å². The van der Waals surface area contributed by atoms with Gasteiger partial charge in [0.15, 0.2) is 0 Å². The van der Waals surface area contributed by atoms with E-state index in [-0.39, 0.29) is 12.3 Å². The summed E-state index contributed by atoms with van der Waals surface area (Å²) in [5.41, 5.74) is 5.55. The Bertz CT molecular complexity index is 112. The summed E-state index contributed by atoms with van der Waals surface area (Å²) >= 11 is 0.